The zero-order valence-electron chi connectivity index (χ0n) is 18.7. The Bertz CT molecular complexity index is 1100. The molecule has 1 atom stereocenters. The maximum atomic E-state index is 13.1. The number of carbonyl (C=O) groups is 1. The molecule has 2 aliphatic rings. The lowest BCUT2D eigenvalue weighted by molar-refractivity contribution is -0.138. The van der Waals surface area contributed by atoms with Gasteiger partial charge in [-0.15, -0.1) is 0 Å². The molecule has 0 amide bonds. The van der Waals surface area contributed by atoms with Gasteiger partial charge in [0.1, 0.15) is 0 Å². The summed E-state index contributed by atoms with van der Waals surface area (Å²) < 4.78 is 1.58. The number of allylic oxidation sites excluding steroid dienone is 2. The van der Waals surface area contributed by atoms with Gasteiger partial charge in [0.05, 0.1) is 10.9 Å². The predicted molar refractivity (Wildman–Crippen MR) is 128 cm³/mol. The van der Waals surface area contributed by atoms with Gasteiger partial charge in [-0.2, -0.15) is 0 Å². The van der Waals surface area contributed by atoms with Crippen LogP contribution in [0.5, 0.6) is 0 Å². The van der Waals surface area contributed by atoms with E-state index in [0.717, 1.165) is 31.5 Å². The van der Waals surface area contributed by atoms with Crippen LogP contribution in [0.2, 0.25) is 5.02 Å². The van der Waals surface area contributed by atoms with Crippen molar-refractivity contribution in [3.63, 3.8) is 0 Å². The van der Waals surface area contributed by atoms with E-state index in [1.165, 1.54) is 6.42 Å². The molecule has 172 valence electrons. The van der Waals surface area contributed by atoms with E-state index < -0.39 is 12.0 Å². The molecule has 32 heavy (non-hydrogen) atoms. The van der Waals surface area contributed by atoms with E-state index in [-0.39, 0.29) is 5.56 Å². The van der Waals surface area contributed by atoms with Crippen molar-refractivity contribution in [1.82, 2.24) is 20.2 Å². The Morgan fingerprint density at radius 1 is 1.28 bits per heavy atom. The van der Waals surface area contributed by atoms with Crippen LogP contribution in [0.1, 0.15) is 38.7 Å². The largest absolute Gasteiger partial charge is 0.479 e. The second-order valence-electron chi connectivity index (χ2n) is 7.56. The van der Waals surface area contributed by atoms with Crippen molar-refractivity contribution in [3.05, 3.63) is 57.1 Å². The van der Waals surface area contributed by atoms with Crippen LogP contribution in [0.4, 0.5) is 5.95 Å². The van der Waals surface area contributed by atoms with Gasteiger partial charge in [-0.25, -0.2) is 9.78 Å². The molecular weight excluding hydrogens is 430 g/mol. The second-order valence-corrected chi connectivity index (χ2v) is 7.99. The Balaban J connectivity index is 0.00000141. The Labute approximate surface area is 192 Å². The molecule has 0 radical (unpaired) electrons. The number of nitrogens with zero attached hydrogens (tertiary/aromatic N) is 3. The average molecular weight is 460 g/mol. The molecule has 1 unspecified atom stereocenters. The Hall–Kier alpha value is -3.00. The highest BCUT2D eigenvalue weighted by Gasteiger charge is 2.23. The number of aliphatic carboxylic acids is 1. The molecule has 3 N–H and O–H groups in total. The van der Waals surface area contributed by atoms with E-state index in [0.29, 0.717) is 34.1 Å². The number of carboxylic acid groups (broad SMARTS) is 1. The summed E-state index contributed by atoms with van der Waals surface area (Å²) in [5, 5.41) is 16.3. The van der Waals surface area contributed by atoms with Crippen molar-refractivity contribution in [2.45, 2.75) is 45.7 Å². The summed E-state index contributed by atoms with van der Waals surface area (Å²) in [6.07, 6.45) is 8.39. The quantitative estimate of drug-likeness (QED) is 0.631. The molecule has 3 heterocycles. The lowest BCUT2D eigenvalue weighted by Crippen LogP contribution is -2.41. The van der Waals surface area contributed by atoms with Gasteiger partial charge in [0.25, 0.3) is 5.56 Å². The monoisotopic (exact) mass is 459 g/mol. The summed E-state index contributed by atoms with van der Waals surface area (Å²) in [5.41, 5.74) is 1.71. The minimum Gasteiger partial charge on any atom is -0.479 e. The Morgan fingerprint density at radius 2 is 2.00 bits per heavy atom. The fourth-order valence-corrected chi connectivity index (χ4v) is 4.20. The summed E-state index contributed by atoms with van der Waals surface area (Å²) >= 11 is 6.29. The molecule has 1 aromatic carbocycles. The number of benzene rings is 1. The first-order valence-corrected chi connectivity index (χ1v) is 11.4. The highest BCUT2D eigenvalue weighted by atomic mass is 35.5. The SMILES string of the molecule is CC.Cn1c(N2CCCCC2)nc2c(CNC3=CC=CNC3C(=O)O)cc(Cl)cc2c1=O. The number of carboxylic acids is 1. The first kappa shape index (κ1) is 23.7. The van der Waals surface area contributed by atoms with E-state index >= 15 is 0 Å². The molecule has 1 saturated heterocycles. The number of hydrogen-bond donors (Lipinski definition) is 3. The Kier molecular flexibility index (Phi) is 7.80. The van der Waals surface area contributed by atoms with E-state index in [2.05, 4.69) is 15.5 Å². The number of nitrogens with one attached hydrogen (secondary N) is 2. The summed E-state index contributed by atoms with van der Waals surface area (Å²) in [5.74, 6) is -0.325. The van der Waals surface area contributed by atoms with Gasteiger partial charge in [-0.3, -0.25) is 9.36 Å². The van der Waals surface area contributed by atoms with Crippen LogP contribution >= 0.6 is 11.6 Å². The number of piperidine rings is 1. The molecule has 0 saturated carbocycles. The lowest BCUT2D eigenvalue weighted by Gasteiger charge is -2.29. The highest BCUT2D eigenvalue weighted by Crippen LogP contribution is 2.24. The maximum absolute atomic E-state index is 13.1. The van der Waals surface area contributed by atoms with Crippen LogP contribution in [-0.2, 0) is 18.4 Å². The van der Waals surface area contributed by atoms with Crippen LogP contribution in [0.25, 0.3) is 10.9 Å². The highest BCUT2D eigenvalue weighted by molar-refractivity contribution is 6.31. The fourth-order valence-electron chi connectivity index (χ4n) is 3.96. The van der Waals surface area contributed by atoms with Crippen LogP contribution < -0.4 is 21.1 Å². The standard InChI is InChI=1S/C21H24ClN5O3.C2H6/c1-26-19(28)15-11-14(22)10-13(12-24-16-6-5-7-23-18(16)20(29)30)17(15)25-21(26)27-8-3-2-4-9-27;1-2/h5-7,10-11,18,23-24H,2-4,8-9,12H2,1H3,(H,29,30);1-2H3. The smallest absolute Gasteiger partial charge is 0.332 e. The van der Waals surface area contributed by atoms with E-state index in [4.69, 9.17) is 16.6 Å². The number of fused-ring (bicyclic) bond motifs is 1. The third-order valence-electron chi connectivity index (χ3n) is 5.52. The number of aromatic nitrogens is 2. The normalized spacial score (nSPS) is 17.8. The minimum absolute atomic E-state index is 0.144. The summed E-state index contributed by atoms with van der Waals surface area (Å²) in [6, 6.07) is 2.55. The number of halogens is 1. The summed E-state index contributed by atoms with van der Waals surface area (Å²) in [4.78, 5) is 31.5. The summed E-state index contributed by atoms with van der Waals surface area (Å²) in [7, 11) is 1.74. The third-order valence-corrected chi connectivity index (χ3v) is 5.73. The van der Waals surface area contributed by atoms with Crippen LogP contribution in [0.15, 0.2) is 41.0 Å². The van der Waals surface area contributed by atoms with Crippen LogP contribution in [-0.4, -0.2) is 39.8 Å². The molecule has 0 bridgehead atoms. The molecule has 4 rings (SSSR count). The van der Waals surface area contributed by atoms with E-state index in [1.807, 2.05) is 13.8 Å². The second kappa shape index (κ2) is 10.5. The lowest BCUT2D eigenvalue weighted by atomic mass is 10.1. The molecule has 8 nitrogen and oxygen atoms in total. The van der Waals surface area contributed by atoms with E-state index in [9.17, 15) is 14.7 Å². The number of hydrogen-bond acceptors (Lipinski definition) is 6. The van der Waals surface area contributed by atoms with Gasteiger partial charge in [0, 0.05) is 37.4 Å². The molecule has 0 spiro atoms. The number of dihydropyridines is 1. The molecular formula is C23H30ClN5O3. The fraction of sp³-hybridized carbons (Fsp3) is 0.435. The van der Waals surface area contributed by atoms with Crippen molar-refractivity contribution in [3.8, 4) is 0 Å². The van der Waals surface area contributed by atoms with Crippen LogP contribution in [0.3, 0.4) is 0 Å². The van der Waals surface area contributed by atoms with E-state index in [1.54, 1.807) is 42.1 Å². The molecule has 1 fully saturated rings. The average Bonchev–Trinajstić information content (AvgIpc) is 2.82. The van der Waals surface area contributed by atoms with Crippen molar-refractivity contribution >= 4 is 34.4 Å². The first-order chi connectivity index (χ1) is 15.5. The topological polar surface area (TPSA) is 99.5 Å². The van der Waals surface area contributed by atoms with Gasteiger partial charge in [-0.1, -0.05) is 25.4 Å². The first-order valence-electron chi connectivity index (χ1n) is 11.0. The molecule has 1 aromatic heterocycles. The molecule has 2 aliphatic heterocycles. The van der Waals surface area contributed by atoms with Crippen LogP contribution in [0, 0.1) is 0 Å². The zero-order valence-corrected chi connectivity index (χ0v) is 19.4. The third kappa shape index (κ3) is 4.91. The van der Waals surface area contributed by atoms with Crippen molar-refractivity contribution in [2.75, 3.05) is 18.0 Å². The zero-order chi connectivity index (χ0) is 23.3. The predicted octanol–water partition coefficient (Wildman–Crippen LogP) is 3.15. The molecule has 9 heteroatoms. The number of anilines is 1. The maximum Gasteiger partial charge on any atom is 0.332 e. The summed E-state index contributed by atoms with van der Waals surface area (Å²) in [6.45, 7) is 6.04. The van der Waals surface area contributed by atoms with Gasteiger partial charge in [-0.05, 0) is 55.3 Å². The molecule has 0 aliphatic carbocycles. The van der Waals surface area contributed by atoms with Crippen molar-refractivity contribution < 1.29 is 9.90 Å². The van der Waals surface area contributed by atoms with Crippen molar-refractivity contribution in [1.29, 1.82) is 0 Å². The molecule has 2 aromatic rings. The number of rotatable bonds is 5. The minimum atomic E-state index is -0.978. The Morgan fingerprint density at radius 3 is 2.69 bits per heavy atom. The van der Waals surface area contributed by atoms with Gasteiger partial charge in [0.15, 0.2) is 6.04 Å². The van der Waals surface area contributed by atoms with Gasteiger partial charge >= 0.3 is 5.97 Å². The van der Waals surface area contributed by atoms with Gasteiger partial charge < -0.3 is 20.6 Å². The van der Waals surface area contributed by atoms with Crippen molar-refractivity contribution in [2.24, 2.45) is 7.05 Å². The van der Waals surface area contributed by atoms with Gasteiger partial charge in [0.2, 0.25) is 5.95 Å².